The van der Waals surface area contributed by atoms with Gasteiger partial charge in [0, 0.05) is 0 Å². The average Bonchev–Trinajstić information content (AvgIpc) is 2.69. The molecule has 2 rings (SSSR count). The summed E-state index contributed by atoms with van der Waals surface area (Å²) in [6.45, 7) is 4.31. The Balaban J connectivity index is 2.27. The van der Waals surface area contributed by atoms with E-state index in [-0.39, 0.29) is 11.8 Å². The van der Waals surface area contributed by atoms with E-state index in [4.69, 9.17) is 5.73 Å². The summed E-state index contributed by atoms with van der Waals surface area (Å²) < 4.78 is 0. The molecule has 1 aliphatic heterocycles. The maximum Gasteiger partial charge on any atom is 0.257 e. The van der Waals surface area contributed by atoms with Gasteiger partial charge in [-0.05, 0) is 38.4 Å². The van der Waals surface area contributed by atoms with E-state index >= 15 is 0 Å². The maximum atomic E-state index is 12.2. The predicted molar refractivity (Wildman–Crippen MR) is 69.1 cm³/mol. The van der Waals surface area contributed by atoms with E-state index in [1.165, 1.54) is 5.01 Å². The lowest BCUT2D eigenvalue weighted by atomic mass is 9.98. The van der Waals surface area contributed by atoms with Crippen LogP contribution < -0.4 is 10.7 Å². The fourth-order valence-electron chi connectivity index (χ4n) is 1.98. The van der Waals surface area contributed by atoms with E-state index in [9.17, 15) is 4.79 Å². The van der Waals surface area contributed by atoms with Crippen LogP contribution >= 0.6 is 0 Å². The van der Waals surface area contributed by atoms with Crippen LogP contribution in [0.5, 0.6) is 0 Å². The highest BCUT2D eigenvalue weighted by molar-refractivity contribution is 6.15. The number of hydrogen-bond acceptors (Lipinski definition) is 5. The summed E-state index contributed by atoms with van der Waals surface area (Å²) in [7, 11) is 0. The Morgan fingerprint density at radius 3 is 2.72 bits per heavy atom. The Morgan fingerprint density at radius 2 is 2.17 bits per heavy atom. The van der Waals surface area contributed by atoms with E-state index in [2.05, 4.69) is 15.3 Å². The quantitative estimate of drug-likeness (QED) is 0.855. The third-order valence-corrected chi connectivity index (χ3v) is 2.96. The minimum Gasteiger partial charge on any atom is -0.330 e. The monoisotopic (exact) mass is 247 g/mol. The Hall–Kier alpha value is -1.82. The largest absolute Gasteiger partial charge is 0.330 e. The average molecular weight is 247 g/mol. The number of nitrogens with two attached hydrogens (primary N) is 1. The summed E-state index contributed by atoms with van der Waals surface area (Å²) in [6, 6.07) is 3.56. The standard InChI is InChI=1S/C12H17N5O/c1-3-10-9(6-7-13)12(18)17(16-10)11-5-4-8(2)14-15-11/h4-5,9H,3,6-7,13H2,1-2H3. The molecule has 1 aliphatic rings. The number of hydrazone groups is 1. The van der Waals surface area contributed by atoms with Crippen molar-refractivity contribution in [1.82, 2.24) is 10.2 Å². The van der Waals surface area contributed by atoms with Crippen LogP contribution in [0, 0.1) is 12.8 Å². The van der Waals surface area contributed by atoms with Gasteiger partial charge in [0.2, 0.25) is 0 Å². The van der Waals surface area contributed by atoms with E-state index in [1.54, 1.807) is 6.07 Å². The molecule has 1 aromatic heterocycles. The third kappa shape index (κ3) is 2.24. The van der Waals surface area contributed by atoms with Crippen LogP contribution in [-0.4, -0.2) is 28.4 Å². The van der Waals surface area contributed by atoms with Crippen molar-refractivity contribution in [2.45, 2.75) is 26.7 Å². The highest BCUT2D eigenvalue weighted by atomic mass is 16.2. The van der Waals surface area contributed by atoms with Crippen molar-refractivity contribution in [3.05, 3.63) is 17.8 Å². The lowest BCUT2D eigenvalue weighted by Gasteiger charge is -2.12. The molecule has 0 saturated heterocycles. The predicted octanol–water partition coefficient (Wildman–Crippen LogP) is 0.863. The SMILES string of the molecule is CCC1=NN(c2ccc(C)nn2)C(=O)C1CCN. The normalized spacial score (nSPS) is 19.3. The molecule has 0 aromatic carbocycles. The molecule has 0 bridgehead atoms. The molecular weight excluding hydrogens is 230 g/mol. The zero-order chi connectivity index (χ0) is 13.1. The van der Waals surface area contributed by atoms with Crippen LogP contribution in [0.1, 0.15) is 25.5 Å². The van der Waals surface area contributed by atoms with E-state index in [0.29, 0.717) is 18.8 Å². The fraction of sp³-hybridized carbons (Fsp3) is 0.500. The molecule has 18 heavy (non-hydrogen) atoms. The number of hydrogen-bond donors (Lipinski definition) is 1. The van der Waals surface area contributed by atoms with Crippen LogP contribution in [0.2, 0.25) is 0 Å². The summed E-state index contributed by atoms with van der Waals surface area (Å²) in [5, 5.41) is 13.6. The van der Waals surface area contributed by atoms with Crippen LogP contribution in [-0.2, 0) is 4.79 Å². The number of nitrogens with zero attached hydrogens (tertiary/aromatic N) is 4. The van der Waals surface area contributed by atoms with Gasteiger partial charge in [-0.15, -0.1) is 5.10 Å². The molecule has 0 saturated carbocycles. The van der Waals surface area contributed by atoms with Gasteiger partial charge >= 0.3 is 0 Å². The smallest absolute Gasteiger partial charge is 0.257 e. The van der Waals surface area contributed by atoms with Gasteiger partial charge < -0.3 is 5.73 Å². The van der Waals surface area contributed by atoms with Gasteiger partial charge in [-0.3, -0.25) is 4.79 Å². The van der Waals surface area contributed by atoms with E-state index in [0.717, 1.165) is 17.8 Å². The van der Waals surface area contributed by atoms with Gasteiger partial charge in [-0.2, -0.15) is 15.2 Å². The second kappa shape index (κ2) is 5.22. The third-order valence-electron chi connectivity index (χ3n) is 2.96. The van der Waals surface area contributed by atoms with Crippen LogP contribution in [0.25, 0.3) is 0 Å². The molecule has 2 N–H and O–H groups in total. The molecular formula is C12H17N5O. The molecule has 96 valence electrons. The van der Waals surface area contributed by atoms with Gasteiger partial charge in [-0.1, -0.05) is 6.92 Å². The Labute approximate surface area is 106 Å². The van der Waals surface area contributed by atoms with Gasteiger partial charge in [0.1, 0.15) is 0 Å². The fourth-order valence-corrected chi connectivity index (χ4v) is 1.98. The summed E-state index contributed by atoms with van der Waals surface area (Å²) in [6.07, 6.45) is 1.37. The zero-order valence-electron chi connectivity index (χ0n) is 10.6. The van der Waals surface area contributed by atoms with Gasteiger partial charge in [0.15, 0.2) is 5.82 Å². The molecule has 2 heterocycles. The first kappa shape index (κ1) is 12.6. The molecule has 0 fully saturated rings. The van der Waals surface area contributed by atoms with Crippen LogP contribution in [0.3, 0.4) is 0 Å². The maximum absolute atomic E-state index is 12.2. The Kier molecular flexibility index (Phi) is 3.66. The van der Waals surface area contributed by atoms with Crippen molar-refractivity contribution in [2.75, 3.05) is 11.6 Å². The van der Waals surface area contributed by atoms with Crippen molar-refractivity contribution in [3.8, 4) is 0 Å². The van der Waals surface area contributed by atoms with Crippen LogP contribution in [0.4, 0.5) is 5.82 Å². The molecule has 1 amide bonds. The molecule has 1 aromatic rings. The molecule has 6 heteroatoms. The number of anilines is 1. The lowest BCUT2D eigenvalue weighted by molar-refractivity contribution is -0.119. The zero-order valence-corrected chi connectivity index (χ0v) is 10.6. The highest BCUT2D eigenvalue weighted by Gasteiger charge is 2.35. The van der Waals surface area contributed by atoms with Gasteiger partial charge in [-0.25, -0.2) is 0 Å². The Bertz CT molecular complexity index is 468. The Morgan fingerprint density at radius 1 is 1.39 bits per heavy atom. The summed E-state index contributed by atoms with van der Waals surface area (Å²) in [5.74, 6) is 0.203. The number of amides is 1. The highest BCUT2D eigenvalue weighted by Crippen LogP contribution is 2.24. The molecule has 6 nitrogen and oxygen atoms in total. The number of aromatic nitrogens is 2. The van der Waals surface area contributed by atoms with E-state index in [1.807, 2.05) is 19.9 Å². The van der Waals surface area contributed by atoms with Crippen molar-refractivity contribution < 1.29 is 4.79 Å². The summed E-state index contributed by atoms with van der Waals surface area (Å²) in [4.78, 5) is 12.2. The molecule has 0 spiro atoms. The van der Waals surface area contributed by atoms with Crippen LogP contribution in [0.15, 0.2) is 17.2 Å². The first-order valence-corrected chi connectivity index (χ1v) is 6.09. The minimum absolute atomic E-state index is 0.0598. The van der Waals surface area contributed by atoms with Crippen molar-refractivity contribution >= 4 is 17.4 Å². The number of rotatable bonds is 4. The number of carbonyl (C=O) groups is 1. The van der Waals surface area contributed by atoms with Crippen molar-refractivity contribution in [2.24, 2.45) is 16.8 Å². The molecule has 0 radical (unpaired) electrons. The molecule has 1 unspecified atom stereocenters. The van der Waals surface area contributed by atoms with Crippen molar-refractivity contribution in [3.63, 3.8) is 0 Å². The first-order chi connectivity index (χ1) is 8.67. The van der Waals surface area contributed by atoms with Crippen molar-refractivity contribution in [1.29, 1.82) is 0 Å². The lowest BCUT2D eigenvalue weighted by Crippen LogP contribution is -2.29. The second-order valence-corrected chi connectivity index (χ2v) is 4.26. The van der Waals surface area contributed by atoms with Gasteiger partial charge in [0.25, 0.3) is 5.91 Å². The topological polar surface area (TPSA) is 84.5 Å². The first-order valence-electron chi connectivity index (χ1n) is 6.09. The molecule has 0 aliphatic carbocycles. The second-order valence-electron chi connectivity index (χ2n) is 4.26. The number of carbonyl (C=O) groups excluding carboxylic acids is 1. The molecule has 1 atom stereocenters. The summed E-state index contributed by atoms with van der Waals surface area (Å²) >= 11 is 0. The van der Waals surface area contributed by atoms with Gasteiger partial charge in [0.05, 0.1) is 17.3 Å². The minimum atomic E-state index is -0.205. The summed E-state index contributed by atoms with van der Waals surface area (Å²) in [5.41, 5.74) is 7.22. The number of aryl methyl sites for hydroxylation is 1. The van der Waals surface area contributed by atoms with E-state index < -0.39 is 0 Å².